The summed E-state index contributed by atoms with van der Waals surface area (Å²) in [5.74, 6) is -7.47. The van der Waals surface area contributed by atoms with E-state index >= 15 is 8.78 Å². The van der Waals surface area contributed by atoms with Crippen molar-refractivity contribution in [3.05, 3.63) is 64.7 Å². The van der Waals surface area contributed by atoms with Crippen LogP contribution in [-0.2, 0) is 16.0 Å². The third-order valence-electron chi connectivity index (χ3n) is 7.32. The molecule has 3 atom stereocenters. The van der Waals surface area contributed by atoms with Crippen LogP contribution in [0.3, 0.4) is 0 Å². The van der Waals surface area contributed by atoms with Gasteiger partial charge in [0.05, 0.1) is 18.0 Å². The molecule has 3 rings (SSSR count). The number of alkyl halides is 5. The third kappa shape index (κ3) is 6.95. The highest BCUT2D eigenvalue weighted by Crippen LogP contribution is 2.48. The van der Waals surface area contributed by atoms with Crippen LogP contribution in [0.15, 0.2) is 42.5 Å². The van der Waals surface area contributed by atoms with E-state index in [0.29, 0.717) is 16.0 Å². The average Bonchev–Trinajstić information content (AvgIpc) is 3.07. The first kappa shape index (κ1) is 31.8. The van der Waals surface area contributed by atoms with Crippen LogP contribution in [0.1, 0.15) is 40.9 Å². The van der Waals surface area contributed by atoms with E-state index in [-0.39, 0.29) is 23.3 Å². The molecule has 4 N–H and O–H groups in total. The molecule has 1 aliphatic heterocycles. The maximum Gasteiger partial charge on any atom is 0.405 e. The Bertz CT molecular complexity index is 1300. The van der Waals surface area contributed by atoms with E-state index in [4.69, 9.17) is 0 Å². The van der Waals surface area contributed by atoms with Gasteiger partial charge in [-0.2, -0.15) is 13.2 Å². The predicted octanol–water partition coefficient (Wildman–Crippen LogP) is 3.26. The maximum absolute atomic E-state index is 15.0. The fraction of sp³-hybridized carbons (Fsp3) is 0.464. The molecule has 1 saturated heterocycles. The van der Waals surface area contributed by atoms with Crippen LogP contribution in [0.25, 0.3) is 0 Å². The summed E-state index contributed by atoms with van der Waals surface area (Å²) >= 11 is 0. The lowest BCUT2D eigenvalue weighted by molar-refractivity contribution is -0.151. The minimum absolute atomic E-state index is 0.0402. The molecule has 0 spiro atoms. The number of nitrogens with one attached hydrogen (secondary N) is 2. The number of aliphatic hydroxyl groups excluding tert-OH is 1. The van der Waals surface area contributed by atoms with Crippen molar-refractivity contribution in [2.24, 2.45) is 5.41 Å². The van der Waals surface area contributed by atoms with E-state index in [9.17, 15) is 37.8 Å². The van der Waals surface area contributed by atoms with Crippen molar-refractivity contribution < 1.29 is 46.5 Å². The van der Waals surface area contributed by atoms with Crippen LogP contribution in [0.2, 0.25) is 0 Å². The largest absolute Gasteiger partial charge is 0.508 e. The van der Waals surface area contributed by atoms with Gasteiger partial charge in [-0.1, -0.05) is 44.2 Å². The molecule has 13 heteroatoms. The second-order valence-electron chi connectivity index (χ2n) is 10.8. The number of nitrogens with zero attached hydrogens (tertiary/aromatic N) is 1. The van der Waals surface area contributed by atoms with Gasteiger partial charge in [0, 0.05) is 11.1 Å². The SMILES string of the molecule is Cc1cc(O)c(C)c(C(=O)N[C@@H](Cc2ccccc2)C(O)C(=O)N2CC(F)(F)C(C)(C)[C@H]2C(=O)NCC(F)(F)F)c1. The summed E-state index contributed by atoms with van der Waals surface area (Å²) in [6.07, 6.45) is -7.14. The molecule has 0 saturated carbocycles. The fourth-order valence-electron chi connectivity index (χ4n) is 4.83. The third-order valence-corrected chi connectivity index (χ3v) is 7.32. The first-order valence-corrected chi connectivity index (χ1v) is 12.7. The first-order valence-electron chi connectivity index (χ1n) is 12.7. The molecule has 2 aromatic carbocycles. The molecule has 2 aromatic rings. The summed E-state index contributed by atoms with van der Waals surface area (Å²) in [7, 11) is 0. The zero-order chi connectivity index (χ0) is 30.9. The molecule has 8 nitrogen and oxygen atoms in total. The zero-order valence-electron chi connectivity index (χ0n) is 22.9. The highest BCUT2D eigenvalue weighted by molar-refractivity contribution is 5.97. The van der Waals surface area contributed by atoms with Gasteiger partial charge in [0.15, 0.2) is 6.10 Å². The Labute approximate surface area is 233 Å². The number of halogens is 5. The highest BCUT2D eigenvalue weighted by Gasteiger charge is 2.64. The second-order valence-corrected chi connectivity index (χ2v) is 10.8. The molecule has 0 aromatic heterocycles. The minimum Gasteiger partial charge on any atom is -0.508 e. The summed E-state index contributed by atoms with van der Waals surface area (Å²) in [4.78, 5) is 39.8. The van der Waals surface area contributed by atoms with E-state index in [2.05, 4.69) is 5.32 Å². The van der Waals surface area contributed by atoms with Crippen molar-refractivity contribution in [3.63, 3.8) is 0 Å². The summed E-state index contributed by atoms with van der Waals surface area (Å²) in [6.45, 7) is 1.87. The van der Waals surface area contributed by atoms with Crippen LogP contribution in [0.5, 0.6) is 5.75 Å². The van der Waals surface area contributed by atoms with Gasteiger partial charge in [-0.25, -0.2) is 8.78 Å². The maximum atomic E-state index is 15.0. The smallest absolute Gasteiger partial charge is 0.405 e. The Morgan fingerprint density at radius 2 is 1.71 bits per heavy atom. The summed E-state index contributed by atoms with van der Waals surface area (Å²) < 4.78 is 68.3. The first-order chi connectivity index (χ1) is 18.9. The number of carbonyl (C=O) groups excluding carboxylic acids is 3. The van der Waals surface area contributed by atoms with Gasteiger partial charge in [0.25, 0.3) is 17.7 Å². The van der Waals surface area contributed by atoms with Crippen LogP contribution < -0.4 is 10.6 Å². The molecule has 1 heterocycles. The molecule has 0 aliphatic carbocycles. The van der Waals surface area contributed by atoms with E-state index < -0.39 is 66.5 Å². The molecule has 0 bridgehead atoms. The normalized spacial score (nSPS) is 19.4. The molecule has 224 valence electrons. The van der Waals surface area contributed by atoms with Gasteiger partial charge < -0.3 is 25.7 Å². The van der Waals surface area contributed by atoms with Gasteiger partial charge in [0.1, 0.15) is 18.3 Å². The number of phenolic OH excluding ortho intramolecular Hbond substituents is 1. The molecular formula is C28H32F5N3O5. The summed E-state index contributed by atoms with van der Waals surface area (Å²) in [5.41, 5.74) is -0.927. The number of aliphatic hydroxyl groups is 1. The Hall–Kier alpha value is -3.74. The molecule has 1 fully saturated rings. The van der Waals surface area contributed by atoms with Gasteiger partial charge >= 0.3 is 6.18 Å². The van der Waals surface area contributed by atoms with Crippen molar-refractivity contribution in [2.75, 3.05) is 13.1 Å². The Morgan fingerprint density at radius 3 is 2.29 bits per heavy atom. The van der Waals surface area contributed by atoms with Crippen molar-refractivity contribution in [1.82, 2.24) is 15.5 Å². The van der Waals surface area contributed by atoms with Gasteiger partial charge in [-0.05, 0) is 43.5 Å². The monoisotopic (exact) mass is 585 g/mol. The quantitative estimate of drug-likeness (QED) is 0.355. The Kier molecular flexibility index (Phi) is 9.02. The molecule has 1 unspecified atom stereocenters. The fourth-order valence-corrected chi connectivity index (χ4v) is 4.83. The van der Waals surface area contributed by atoms with Gasteiger partial charge in [-0.15, -0.1) is 0 Å². The van der Waals surface area contributed by atoms with Crippen molar-refractivity contribution in [1.29, 1.82) is 0 Å². The predicted molar refractivity (Wildman–Crippen MR) is 138 cm³/mol. The number of carbonyl (C=O) groups is 3. The molecule has 3 amide bonds. The lowest BCUT2D eigenvalue weighted by atomic mass is 9.81. The number of hydrogen-bond donors (Lipinski definition) is 4. The second kappa shape index (κ2) is 11.6. The van der Waals surface area contributed by atoms with Gasteiger partial charge in [-0.3, -0.25) is 14.4 Å². The highest BCUT2D eigenvalue weighted by atomic mass is 19.4. The van der Waals surface area contributed by atoms with E-state index in [0.717, 1.165) is 13.8 Å². The van der Waals surface area contributed by atoms with Crippen LogP contribution in [0.4, 0.5) is 22.0 Å². The average molecular weight is 586 g/mol. The number of aromatic hydroxyl groups is 1. The molecule has 41 heavy (non-hydrogen) atoms. The number of phenols is 1. The minimum atomic E-state index is -4.83. The lowest BCUT2D eigenvalue weighted by Gasteiger charge is -2.34. The molecular weight excluding hydrogens is 553 g/mol. The van der Waals surface area contributed by atoms with Crippen molar-refractivity contribution in [2.45, 2.75) is 64.4 Å². The standard InChI is InChI=1S/C28H32F5N3O5/c1-15-10-18(16(2)20(37)11-15)23(39)35-19(12-17-8-6-5-7-9-17)21(38)25(41)36-14-27(29,30)26(3,4)22(36)24(40)34-13-28(31,32)33/h5-11,19,21-22,37-38H,12-14H2,1-4H3,(H,34,40)(H,35,39)/t19-,21?,22+/m0/s1. The number of likely N-dealkylation sites (tertiary alicyclic amines) is 1. The van der Waals surface area contributed by atoms with Crippen molar-refractivity contribution >= 4 is 17.7 Å². The number of benzene rings is 2. The molecule has 1 aliphatic rings. The summed E-state index contributed by atoms with van der Waals surface area (Å²) in [5, 5.41) is 25.4. The Morgan fingerprint density at radius 1 is 1.10 bits per heavy atom. The summed E-state index contributed by atoms with van der Waals surface area (Å²) in [6, 6.07) is 7.76. The lowest BCUT2D eigenvalue weighted by Crippen LogP contribution is -2.58. The molecule has 0 radical (unpaired) electrons. The van der Waals surface area contributed by atoms with E-state index in [1.165, 1.54) is 19.1 Å². The van der Waals surface area contributed by atoms with Crippen LogP contribution in [-0.4, -0.2) is 76.2 Å². The zero-order valence-corrected chi connectivity index (χ0v) is 22.9. The van der Waals surface area contributed by atoms with E-state index in [1.54, 1.807) is 42.6 Å². The number of hydrogen-bond acceptors (Lipinski definition) is 5. The number of amides is 3. The number of aryl methyl sites for hydroxylation is 1. The van der Waals surface area contributed by atoms with Gasteiger partial charge in [0.2, 0.25) is 5.91 Å². The van der Waals surface area contributed by atoms with Crippen LogP contribution >= 0.6 is 0 Å². The Balaban J connectivity index is 1.96. The topological polar surface area (TPSA) is 119 Å². The van der Waals surface area contributed by atoms with Crippen molar-refractivity contribution in [3.8, 4) is 5.75 Å². The number of rotatable bonds is 8. The van der Waals surface area contributed by atoms with E-state index in [1.807, 2.05) is 0 Å². The van der Waals surface area contributed by atoms with Crippen LogP contribution in [0, 0.1) is 19.3 Å².